The van der Waals surface area contributed by atoms with E-state index in [4.69, 9.17) is 14.7 Å². The number of hydrogen-bond donors (Lipinski definition) is 1. The number of oxime groups is 1. The fraction of sp³-hybridized carbons (Fsp3) is 0.207. The van der Waals surface area contributed by atoms with Gasteiger partial charge < -0.3 is 14.9 Å². The summed E-state index contributed by atoms with van der Waals surface area (Å²) in [4.78, 5) is 19.0. The Morgan fingerprint density at radius 2 is 1.78 bits per heavy atom. The predicted octanol–water partition coefficient (Wildman–Crippen LogP) is 4.99. The molecule has 1 aliphatic rings. The number of rotatable bonds is 8. The fourth-order valence-corrected chi connectivity index (χ4v) is 4.14. The average molecular weight is 481 g/mol. The maximum absolute atomic E-state index is 13.2. The van der Waals surface area contributed by atoms with Gasteiger partial charge in [-0.25, -0.2) is 0 Å². The van der Waals surface area contributed by atoms with E-state index in [2.05, 4.69) is 10.5 Å². The number of nitrogens with one attached hydrogen (secondary N) is 1. The molecule has 182 valence electrons. The Hall–Kier alpha value is -4.39. The van der Waals surface area contributed by atoms with Gasteiger partial charge in [-0.2, -0.15) is 5.10 Å². The average Bonchev–Trinajstić information content (AvgIpc) is 3.56. The molecule has 7 nitrogen and oxygen atoms in total. The summed E-state index contributed by atoms with van der Waals surface area (Å²) in [6.07, 6.45) is 0.395. The minimum Gasteiger partial charge on any atom is -0.497 e. The molecule has 1 N–H and O–H groups in total. The molecule has 1 amide bonds. The second-order valence-corrected chi connectivity index (χ2v) is 8.83. The molecule has 1 aromatic heterocycles. The van der Waals surface area contributed by atoms with Crippen LogP contribution >= 0.6 is 0 Å². The van der Waals surface area contributed by atoms with Gasteiger partial charge in [0, 0.05) is 18.5 Å². The van der Waals surface area contributed by atoms with Gasteiger partial charge in [-0.3, -0.25) is 9.48 Å². The number of carbonyl (C=O) groups is 1. The van der Waals surface area contributed by atoms with E-state index in [0.29, 0.717) is 25.2 Å². The SMILES string of the molecule is COc1ccc(C2=NOC(Cn3nc(-c4ccccc4)cc3C(=O)NCc3ccc(C)cc3)C2)cc1. The van der Waals surface area contributed by atoms with E-state index in [1.54, 1.807) is 11.8 Å². The van der Waals surface area contributed by atoms with Crippen molar-refractivity contribution in [3.05, 3.63) is 107 Å². The summed E-state index contributed by atoms with van der Waals surface area (Å²) in [7, 11) is 1.64. The second-order valence-electron chi connectivity index (χ2n) is 8.83. The van der Waals surface area contributed by atoms with Crippen LogP contribution in [0.25, 0.3) is 11.3 Å². The van der Waals surface area contributed by atoms with Crippen molar-refractivity contribution in [2.45, 2.75) is 32.5 Å². The first-order chi connectivity index (χ1) is 17.6. The van der Waals surface area contributed by atoms with Crippen molar-refractivity contribution in [3.8, 4) is 17.0 Å². The molecule has 36 heavy (non-hydrogen) atoms. The summed E-state index contributed by atoms with van der Waals surface area (Å²) in [6.45, 7) is 2.89. The number of nitrogens with zero attached hydrogens (tertiary/aromatic N) is 3. The van der Waals surface area contributed by atoms with Crippen molar-refractivity contribution in [2.24, 2.45) is 5.16 Å². The number of aromatic nitrogens is 2. The topological polar surface area (TPSA) is 77.7 Å². The second kappa shape index (κ2) is 10.5. The van der Waals surface area contributed by atoms with E-state index in [0.717, 1.165) is 33.8 Å². The van der Waals surface area contributed by atoms with Crippen LogP contribution in [-0.4, -0.2) is 34.6 Å². The third-order valence-corrected chi connectivity index (χ3v) is 6.19. The van der Waals surface area contributed by atoms with Crippen LogP contribution in [0.4, 0.5) is 0 Å². The van der Waals surface area contributed by atoms with Crippen LogP contribution in [0.2, 0.25) is 0 Å². The highest BCUT2D eigenvalue weighted by Gasteiger charge is 2.26. The van der Waals surface area contributed by atoms with E-state index in [9.17, 15) is 4.79 Å². The Balaban J connectivity index is 1.33. The first-order valence-electron chi connectivity index (χ1n) is 11.9. The number of methoxy groups -OCH3 is 1. The summed E-state index contributed by atoms with van der Waals surface area (Å²) < 4.78 is 6.97. The smallest absolute Gasteiger partial charge is 0.269 e. The van der Waals surface area contributed by atoms with Crippen molar-refractivity contribution in [1.82, 2.24) is 15.1 Å². The normalized spacial score (nSPS) is 14.7. The molecule has 0 radical (unpaired) electrons. The van der Waals surface area contributed by atoms with Gasteiger partial charge in [0.15, 0.2) is 6.10 Å². The van der Waals surface area contributed by atoms with E-state index >= 15 is 0 Å². The van der Waals surface area contributed by atoms with Crippen LogP contribution in [0.5, 0.6) is 5.75 Å². The van der Waals surface area contributed by atoms with Crippen LogP contribution in [0.3, 0.4) is 0 Å². The highest BCUT2D eigenvalue weighted by molar-refractivity contribution is 6.01. The first-order valence-corrected chi connectivity index (χ1v) is 11.9. The molecular weight excluding hydrogens is 452 g/mol. The number of hydrogen-bond acceptors (Lipinski definition) is 5. The maximum Gasteiger partial charge on any atom is 0.269 e. The Labute approximate surface area is 210 Å². The quantitative estimate of drug-likeness (QED) is 0.385. The molecule has 2 heterocycles. The Bertz CT molecular complexity index is 1360. The molecule has 0 fully saturated rings. The predicted molar refractivity (Wildman–Crippen MR) is 139 cm³/mol. The molecule has 5 rings (SSSR count). The monoisotopic (exact) mass is 480 g/mol. The van der Waals surface area contributed by atoms with Gasteiger partial charge >= 0.3 is 0 Å². The third-order valence-electron chi connectivity index (χ3n) is 6.19. The van der Waals surface area contributed by atoms with Gasteiger partial charge in [-0.15, -0.1) is 0 Å². The lowest BCUT2D eigenvalue weighted by Crippen LogP contribution is -2.28. The van der Waals surface area contributed by atoms with Crippen molar-refractivity contribution >= 4 is 11.6 Å². The van der Waals surface area contributed by atoms with Gasteiger partial charge in [0.25, 0.3) is 5.91 Å². The molecule has 4 aromatic rings. The fourth-order valence-electron chi connectivity index (χ4n) is 4.14. The largest absolute Gasteiger partial charge is 0.497 e. The molecular formula is C29H28N4O3. The van der Waals surface area contributed by atoms with E-state index < -0.39 is 0 Å². The van der Waals surface area contributed by atoms with Crippen molar-refractivity contribution < 1.29 is 14.4 Å². The molecule has 1 unspecified atom stereocenters. The number of aryl methyl sites for hydroxylation is 1. The van der Waals surface area contributed by atoms with Crippen molar-refractivity contribution in [2.75, 3.05) is 7.11 Å². The number of ether oxygens (including phenoxy) is 1. The molecule has 0 spiro atoms. The highest BCUT2D eigenvalue weighted by Crippen LogP contribution is 2.23. The zero-order valence-electron chi connectivity index (χ0n) is 20.3. The van der Waals surface area contributed by atoms with Gasteiger partial charge in [-0.05, 0) is 48.4 Å². The van der Waals surface area contributed by atoms with Crippen molar-refractivity contribution in [1.29, 1.82) is 0 Å². The lowest BCUT2D eigenvalue weighted by molar-refractivity contribution is 0.0681. The lowest BCUT2D eigenvalue weighted by atomic mass is 10.0. The summed E-state index contributed by atoms with van der Waals surface area (Å²) >= 11 is 0. The van der Waals surface area contributed by atoms with Gasteiger partial charge in [-0.1, -0.05) is 65.3 Å². The lowest BCUT2D eigenvalue weighted by Gasteiger charge is -2.12. The number of benzene rings is 3. The highest BCUT2D eigenvalue weighted by atomic mass is 16.6. The molecule has 0 saturated heterocycles. The van der Waals surface area contributed by atoms with Gasteiger partial charge in [0.05, 0.1) is 25.1 Å². The Morgan fingerprint density at radius 3 is 2.50 bits per heavy atom. The van der Waals surface area contributed by atoms with Crippen LogP contribution in [0, 0.1) is 6.92 Å². The summed E-state index contributed by atoms with van der Waals surface area (Å²) in [6, 6.07) is 27.5. The minimum atomic E-state index is -0.228. The van der Waals surface area contributed by atoms with Crippen LogP contribution < -0.4 is 10.1 Å². The van der Waals surface area contributed by atoms with Crippen LogP contribution in [0.15, 0.2) is 90.1 Å². The molecule has 7 heteroatoms. The Kier molecular flexibility index (Phi) is 6.80. The summed E-state index contributed by atoms with van der Waals surface area (Å²) in [5, 5.41) is 12.1. The maximum atomic E-state index is 13.2. The van der Waals surface area contributed by atoms with Crippen LogP contribution in [-0.2, 0) is 17.9 Å². The zero-order chi connectivity index (χ0) is 24.9. The van der Waals surface area contributed by atoms with E-state index in [1.165, 1.54) is 5.56 Å². The number of carbonyl (C=O) groups excluding carboxylic acids is 1. The van der Waals surface area contributed by atoms with Gasteiger partial charge in [0.2, 0.25) is 0 Å². The Morgan fingerprint density at radius 1 is 1.03 bits per heavy atom. The van der Waals surface area contributed by atoms with Gasteiger partial charge in [0.1, 0.15) is 11.4 Å². The summed E-state index contributed by atoms with van der Waals surface area (Å²) in [5.74, 6) is 0.612. The molecule has 0 aliphatic carbocycles. The number of amides is 1. The standard InChI is InChI=1S/C29H28N4O3/c1-20-8-10-21(11-9-20)18-30-29(34)28-17-26(22-6-4-3-5-7-22)31-33(28)19-25-16-27(32-36-25)23-12-14-24(35-2)15-13-23/h3-15,17,25H,16,18-19H2,1-2H3,(H,30,34). The van der Waals surface area contributed by atoms with E-state index in [-0.39, 0.29) is 12.0 Å². The molecule has 1 atom stereocenters. The minimum absolute atomic E-state index is 0.181. The van der Waals surface area contributed by atoms with Crippen molar-refractivity contribution in [3.63, 3.8) is 0 Å². The van der Waals surface area contributed by atoms with Crippen LogP contribution in [0.1, 0.15) is 33.6 Å². The van der Waals surface area contributed by atoms with E-state index in [1.807, 2.05) is 91.9 Å². The molecule has 0 bridgehead atoms. The molecule has 3 aromatic carbocycles. The summed E-state index contributed by atoms with van der Waals surface area (Å²) in [5.41, 5.74) is 6.26. The first kappa shape index (κ1) is 23.4. The third kappa shape index (κ3) is 5.30. The molecule has 0 saturated carbocycles. The zero-order valence-corrected chi connectivity index (χ0v) is 20.3. The molecule has 1 aliphatic heterocycles.